The minimum atomic E-state index is -2.85. The van der Waals surface area contributed by atoms with Crippen molar-refractivity contribution in [3.8, 4) is 0 Å². The van der Waals surface area contributed by atoms with Crippen LogP contribution in [0.5, 0.6) is 0 Å². The van der Waals surface area contributed by atoms with Crippen LogP contribution < -0.4 is 5.32 Å². The number of hydrogen-bond donors (Lipinski definition) is 1. The molecule has 4 heteroatoms. The Morgan fingerprint density at radius 1 is 1.25 bits per heavy atom. The van der Waals surface area contributed by atoms with Gasteiger partial charge < -0.3 is 5.32 Å². The van der Waals surface area contributed by atoms with Gasteiger partial charge in [-0.15, -0.1) is 0 Å². The van der Waals surface area contributed by atoms with E-state index in [1.807, 2.05) is 0 Å². The number of sulfone groups is 1. The maximum atomic E-state index is 11.7. The SMILES string of the molecule is CCNC(CCC1CCCC(S(C)(=O)=O)C1)C(C)(C)C. The molecule has 1 aliphatic carbocycles. The van der Waals surface area contributed by atoms with Gasteiger partial charge in [-0.3, -0.25) is 0 Å². The van der Waals surface area contributed by atoms with Gasteiger partial charge in [0, 0.05) is 12.3 Å². The molecule has 120 valence electrons. The summed E-state index contributed by atoms with van der Waals surface area (Å²) in [4.78, 5) is 0. The van der Waals surface area contributed by atoms with E-state index < -0.39 is 9.84 Å². The summed E-state index contributed by atoms with van der Waals surface area (Å²) >= 11 is 0. The first kappa shape index (κ1) is 18.0. The van der Waals surface area contributed by atoms with Crippen molar-refractivity contribution in [1.82, 2.24) is 5.32 Å². The Bertz CT molecular complexity index is 384. The van der Waals surface area contributed by atoms with Crippen LogP contribution >= 0.6 is 0 Å². The predicted octanol–water partition coefficient (Wildman–Crippen LogP) is 3.39. The van der Waals surface area contributed by atoms with E-state index in [9.17, 15) is 8.42 Å². The number of nitrogens with one attached hydrogen (secondary N) is 1. The highest BCUT2D eigenvalue weighted by atomic mass is 32.2. The maximum Gasteiger partial charge on any atom is 0.150 e. The van der Waals surface area contributed by atoms with Crippen LogP contribution in [0.25, 0.3) is 0 Å². The highest BCUT2D eigenvalue weighted by molar-refractivity contribution is 7.91. The minimum absolute atomic E-state index is 0.0894. The molecule has 0 aromatic carbocycles. The molecule has 1 N–H and O–H groups in total. The van der Waals surface area contributed by atoms with Crippen molar-refractivity contribution in [3.05, 3.63) is 0 Å². The van der Waals surface area contributed by atoms with E-state index in [0.717, 1.165) is 38.6 Å². The van der Waals surface area contributed by atoms with Gasteiger partial charge in [0.15, 0.2) is 0 Å². The zero-order chi connectivity index (χ0) is 15.4. The van der Waals surface area contributed by atoms with Gasteiger partial charge in [0.25, 0.3) is 0 Å². The molecule has 0 saturated heterocycles. The second-order valence-electron chi connectivity index (χ2n) is 7.54. The second-order valence-corrected chi connectivity index (χ2v) is 9.86. The molecule has 0 heterocycles. The molecule has 3 atom stereocenters. The van der Waals surface area contributed by atoms with Gasteiger partial charge in [0.1, 0.15) is 9.84 Å². The van der Waals surface area contributed by atoms with Gasteiger partial charge in [-0.1, -0.05) is 40.5 Å². The average molecular weight is 304 g/mol. The summed E-state index contributed by atoms with van der Waals surface area (Å²) in [5.74, 6) is 0.590. The Kier molecular flexibility index (Phi) is 6.52. The monoisotopic (exact) mass is 303 g/mol. The second kappa shape index (κ2) is 7.26. The first-order chi connectivity index (χ1) is 9.14. The van der Waals surface area contributed by atoms with Crippen LogP contribution in [0.4, 0.5) is 0 Å². The van der Waals surface area contributed by atoms with Crippen molar-refractivity contribution >= 4 is 9.84 Å². The van der Waals surface area contributed by atoms with E-state index in [4.69, 9.17) is 0 Å². The Morgan fingerprint density at radius 2 is 1.90 bits per heavy atom. The van der Waals surface area contributed by atoms with Gasteiger partial charge in [0.05, 0.1) is 5.25 Å². The first-order valence-electron chi connectivity index (χ1n) is 8.06. The van der Waals surface area contributed by atoms with Crippen LogP contribution in [0.1, 0.15) is 66.2 Å². The lowest BCUT2D eigenvalue weighted by Gasteiger charge is -2.34. The Labute approximate surface area is 125 Å². The minimum Gasteiger partial charge on any atom is -0.314 e. The fourth-order valence-corrected chi connectivity index (χ4v) is 4.60. The molecule has 20 heavy (non-hydrogen) atoms. The fourth-order valence-electron chi connectivity index (χ4n) is 3.38. The van der Waals surface area contributed by atoms with Gasteiger partial charge in [-0.25, -0.2) is 8.42 Å². The molecular formula is C16H33NO2S. The molecule has 0 spiro atoms. The standard InChI is InChI=1S/C16H33NO2S/c1-6-17-15(16(2,3)4)11-10-13-8-7-9-14(12-13)20(5,18)19/h13-15,17H,6-12H2,1-5H3. The number of rotatable bonds is 6. The van der Waals surface area contributed by atoms with E-state index in [1.54, 1.807) is 0 Å². The van der Waals surface area contributed by atoms with Gasteiger partial charge >= 0.3 is 0 Å². The third-order valence-electron chi connectivity index (χ3n) is 4.70. The Balaban J connectivity index is 2.51. The highest BCUT2D eigenvalue weighted by Gasteiger charge is 2.30. The van der Waals surface area contributed by atoms with Gasteiger partial charge in [-0.2, -0.15) is 0 Å². The number of hydrogen-bond acceptors (Lipinski definition) is 3. The smallest absolute Gasteiger partial charge is 0.150 e. The van der Waals surface area contributed by atoms with Crippen molar-refractivity contribution < 1.29 is 8.42 Å². The van der Waals surface area contributed by atoms with Crippen LogP contribution in [0.3, 0.4) is 0 Å². The van der Waals surface area contributed by atoms with E-state index in [0.29, 0.717) is 12.0 Å². The summed E-state index contributed by atoms with van der Waals surface area (Å²) in [5, 5.41) is 3.50. The first-order valence-corrected chi connectivity index (χ1v) is 10.0. The van der Waals surface area contributed by atoms with Crippen LogP contribution in [-0.2, 0) is 9.84 Å². The quantitative estimate of drug-likeness (QED) is 0.818. The average Bonchev–Trinajstić information content (AvgIpc) is 2.32. The molecule has 0 aromatic heterocycles. The molecule has 1 aliphatic rings. The summed E-state index contributed by atoms with van der Waals surface area (Å²) in [7, 11) is -2.85. The summed E-state index contributed by atoms with van der Waals surface area (Å²) in [6.07, 6.45) is 7.72. The van der Waals surface area contributed by atoms with Gasteiger partial charge in [-0.05, 0) is 43.6 Å². The lowest BCUT2D eigenvalue weighted by molar-refractivity contribution is 0.229. The van der Waals surface area contributed by atoms with Crippen LogP contribution in [0.15, 0.2) is 0 Å². The van der Waals surface area contributed by atoms with E-state index >= 15 is 0 Å². The summed E-state index contributed by atoms with van der Waals surface area (Å²) in [5.41, 5.74) is 0.265. The summed E-state index contributed by atoms with van der Waals surface area (Å²) < 4.78 is 23.4. The molecule has 0 aromatic rings. The lowest BCUT2D eigenvalue weighted by atomic mass is 9.79. The van der Waals surface area contributed by atoms with Crippen molar-refractivity contribution in [3.63, 3.8) is 0 Å². The highest BCUT2D eigenvalue weighted by Crippen LogP contribution is 2.33. The fraction of sp³-hybridized carbons (Fsp3) is 1.00. The topological polar surface area (TPSA) is 46.2 Å². The van der Waals surface area contributed by atoms with E-state index in [2.05, 4.69) is 33.0 Å². The van der Waals surface area contributed by atoms with Gasteiger partial charge in [0.2, 0.25) is 0 Å². The van der Waals surface area contributed by atoms with Crippen LogP contribution in [0, 0.1) is 11.3 Å². The molecule has 1 saturated carbocycles. The van der Waals surface area contributed by atoms with E-state index in [1.165, 1.54) is 12.7 Å². The zero-order valence-corrected chi connectivity index (χ0v) is 14.7. The van der Waals surface area contributed by atoms with Crippen molar-refractivity contribution in [2.75, 3.05) is 12.8 Å². The molecule has 0 amide bonds. The molecule has 0 bridgehead atoms. The molecule has 3 unspecified atom stereocenters. The normalized spacial score (nSPS) is 26.4. The lowest BCUT2D eigenvalue weighted by Crippen LogP contribution is -2.40. The Hall–Kier alpha value is -0.0900. The third kappa shape index (κ3) is 5.72. The molecule has 1 rings (SSSR count). The molecule has 0 radical (unpaired) electrons. The predicted molar refractivity (Wildman–Crippen MR) is 86.7 cm³/mol. The van der Waals surface area contributed by atoms with E-state index in [-0.39, 0.29) is 10.7 Å². The van der Waals surface area contributed by atoms with Crippen LogP contribution in [0.2, 0.25) is 0 Å². The van der Waals surface area contributed by atoms with Crippen LogP contribution in [-0.4, -0.2) is 32.5 Å². The van der Waals surface area contributed by atoms with Crippen molar-refractivity contribution in [2.45, 2.75) is 77.5 Å². The maximum absolute atomic E-state index is 11.7. The van der Waals surface area contributed by atoms with Crippen molar-refractivity contribution in [1.29, 1.82) is 0 Å². The molecule has 1 fully saturated rings. The summed E-state index contributed by atoms with van der Waals surface area (Å²) in [6.45, 7) is 9.99. The zero-order valence-electron chi connectivity index (χ0n) is 13.9. The third-order valence-corrected chi connectivity index (χ3v) is 6.34. The molecule has 3 nitrogen and oxygen atoms in total. The molecule has 0 aliphatic heterocycles. The summed E-state index contributed by atoms with van der Waals surface area (Å²) in [6, 6.07) is 0.520. The Morgan fingerprint density at radius 3 is 2.40 bits per heavy atom. The molecular weight excluding hydrogens is 270 g/mol. The van der Waals surface area contributed by atoms with Crippen molar-refractivity contribution in [2.24, 2.45) is 11.3 Å². The largest absolute Gasteiger partial charge is 0.314 e.